The van der Waals surface area contributed by atoms with Crippen LogP contribution in [0.5, 0.6) is 0 Å². The van der Waals surface area contributed by atoms with Crippen LogP contribution in [0.1, 0.15) is 15.9 Å². The van der Waals surface area contributed by atoms with E-state index in [2.05, 4.69) is 21.2 Å². The molecule has 76 valence electrons. The number of rotatable bonds is 3. The minimum Gasteiger partial charge on any atom is -0.351 e. The lowest BCUT2D eigenvalue weighted by Gasteiger charge is -2.06. The van der Waals surface area contributed by atoms with Crippen LogP contribution in [0.3, 0.4) is 0 Å². The van der Waals surface area contributed by atoms with Crippen molar-refractivity contribution in [3.63, 3.8) is 0 Å². The zero-order chi connectivity index (χ0) is 10.6. The van der Waals surface area contributed by atoms with Crippen LogP contribution in [-0.2, 0) is 0 Å². The molecular weight excluding hydrogens is 265 g/mol. The van der Waals surface area contributed by atoms with Gasteiger partial charge in [-0.1, -0.05) is 12.1 Å². The predicted molar refractivity (Wildman–Crippen MR) is 61.9 cm³/mol. The lowest BCUT2D eigenvalue weighted by molar-refractivity contribution is 0.0955. The SMILES string of the molecule is Cc1cccc(C(=O)NCCCl)c1Br. The van der Waals surface area contributed by atoms with Crippen molar-refractivity contribution in [2.45, 2.75) is 6.92 Å². The first-order valence-corrected chi connectivity index (χ1v) is 5.59. The first-order chi connectivity index (χ1) is 6.66. The van der Waals surface area contributed by atoms with Gasteiger partial charge in [-0.25, -0.2) is 0 Å². The fourth-order valence-electron chi connectivity index (χ4n) is 1.08. The Balaban J connectivity index is 2.84. The van der Waals surface area contributed by atoms with E-state index in [1.807, 2.05) is 19.1 Å². The molecule has 0 saturated carbocycles. The minimum atomic E-state index is -0.0961. The summed E-state index contributed by atoms with van der Waals surface area (Å²) in [4.78, 5) is 11.6. The van der Waals surface area contributed by atoms with Crippen LogP contribution >= 0.6 is 27.5 Å². The van der Waals surface area contributed by atoms with Crippen LogP contribution in [0.2, 0.25) is 0 Å². The number of hydrogen-bond donors (Lipinski definition) is 1. The van der Waals surface area contributed by atoms with E-state index in [1.165, 1.54) is 0 Å². The van der Waals surface area contributed by atoms with E-state index in [0.29, 0.717) is 18.0 Å². The monoisotopic (exact) mass is 275 g/mol. The Kier molecular flexibility index (Phi) is 4.42. The second-order valence-electron chi connectivity index (χ2n) is 2.88. The fourth-order valence-corrected chi connectivity index (χ4v) is 1.62. The number of carbonyl (C=O) groups is 1. The highest BCUT2D eigenvalue weighted by Crippen LogP contribution is 2.20. The van der Waals surface area contributed by atoms with Crippen LogP contribution < -0.4 is 5.32 Å². The molecule has 0 spiro atoms. The number of nitrogens with one attached hydrogen (secondary N) is 1. The molecule has 0 atom stereocenters. The van der Waals surface area contributed by atoms with Crippen molar-refractivity contribution in [3.8, 4) is 0 Å². The van der Waals surface area contributed by atoms with Gasteiger partial charge >= 0.3 is 0 Å². The molecule has 1 aromatic carbocycles. The molecule has 0 unspecified atom stereocenters. The summed E-state index contributed by atoms with van der Waals surface area (Å²) < 4.78 is 0.840. The van der Waals surface area contributed by atoms with E-state index >= 15 is 0 Å². The highest BCUT2D eigenvalue weighted by molar-refractivity contribution is 9.10. The van der Waals surface area contributed by atoms with Gasteiger partial charge in [0.2, 0.25) is 0 Å². The minimum absolute atomic E-state index is 0.0961. The molecule has 4 heteroatoms. The summed E-state index contributed by atoms with van der Waals surface area (Å²) in [5, 5.41) is 2.72. The van der Waals surface area contributed by atoms with Crippen molar-refractivity contribution in [3.05, 3.63) is 33.8 Å². The third-order valence-electron chi connectivity index (χ3n) is 1.82. The van der Waals surface area contributed by atoms with Gasteiger partial charge in [0.25, 0.3) is 5.91 Å². The molecule has 0 fully saturated rings. The van der Waals surface area contributed by atoms with Crippen molar-refractivity contribution < 1.29 is 4.79 Å². The Morgan fingerprint density at radius 2 is 2.29 bits per heavy atom. The van der Waals surface area contributed by atoms with E-state index < -0.39 is 0 Å². The summed E-state index contributed by atoms with van der Waals surface area (Å²) in [7, 11) is 0. The average Bonchev–Trinajstić information content (AvgIpc) is 2.18. The maximum Gasteiger partial charge on any atom is 0.252 e. The lowest BCUT2D eigenvalue weighted by Crippen LogP contribution is -2.25. The summed E-state index contributed by atoms with van der Waals surface area (Å²) in [6.07, 6.45) is 0. The molecule has 0 radical (unpaired) electrons. The third-order valence-corrected chi connectivity index (χ3v) is 3.06. The molecule has 0 aliphatic carbocycles. The average molecular weight is 277 g/mol. The Morgan fingerprint density at radius 1 is 1.57 bits per heavy atom. The summed E-state index contributed by atoms with van der Waals surface area (Å²) in [6.45, 7) is 2.43. The maximum absolute atomic E-state index is 11.6. The Morgan fingerprint density at radius 3 is 2.93 bits per heavy atom. The van der Waals surface area contributed by atoms with Crippen LogP contribution in [0.25, 0.3) is 0 Å². The van der Waals surface area contributed by atoms with Gasteiger partial charge in [0, 0.05) is 16.9 Å². The van der Waals surface area contributed by atoms with Gasteiger partial charge in [0.15, 0.2) is 0 Å². The van der Waals surface area contributed by atoms with Crippen molar-refractivity contribution in [1.82, 2.24) is 5.32 Å². The standard InChI is InChI=1S/C10H11BrClNO/c1-7-3-2-4-8(9(7)11)10(14)13-6-5-12/h2-4H,5-6H2,1H3,(H,13,14). The van der Waals surface area contributed by atoms with Gasteiger partial charge in [-0.3, -0.25) is 4.79 Å². The number of halogens is 2. The molecule has 1 aromatic rings. The van der Waals surface area contributed by atoms with Crippen molar-refractivity contribution in [2.24, 2.45) is 0 Å². The lowest BCUT2D eigenvalue weighted by atomic mass is 10.1. The van der Waals surface area contributed by atoms with E-state index in [4.69, 9.17) is 11.6 Å². The molecule has 0 aliphatic heterocycles. The number of alkyl halides is 1. The molecule has 1 amide bonds. The van der Waals surface area contributed by atoms with Gasteiger partial charge in [-0.2, -0.15) is 0 Å². The van der Waals surface area contributed by atoms with Crippen LogP contribution in [-0.4, -0.2) is 18.3 Å². The third kappa shape index (κ3) is 2.72. The normalized spacial score (nSPS) is 9.93. The molecule has 2 nitrogen and oxygen atoms in total. The molecule has 0 aliphatic rings. The van der Waals surface area contributed by atoms with Gasteiger partial charge in [0.05, 0.1) is 5.56 Å². The summed E-state index contributed by atoms with van der Waals surface area (Å²) in [5.41, 5.74) is 1.69. The van der Waals surface area contributed by atoms with Gasteiger partial charge in [-0.05, 0) is 34.5 Å². The Bertz CT molecular complexity index is 341. The molecule has 0 heterocycles. The van der Waals surface area contributed by atoms with Crippen molar-refractivity contribution in [2.75, 3.05) is 12.4 Å². The Hall–Kier alpha value is -0.540. The number of aryl methyl sites for hydroxylation is 1. The van der Waals surface area contributed by atoms with E-state index in [-0.39, 0.29) is 5.91 Å². The molecule has 0 bridgehead atoms. The first-order valence-electron chi connectivity index (χ1n) is 4.26. The molecule has 1 N–H and O–H groups in total. The van der Waals surface area contributed by atoms with E-state index in [9.17, 15) is 4.79 Å². The van der Waals surface area contributed by atoms with E-state index in [1.54, 1.807) is 6.07 Å². The fraction of sp³-hybridized carbons (Fsp3) is 0.300. The van der Waals surface area contributed by atoms with Crippen molar-refractivity contribution in [1.29, 1.82) is 0 Å². The zero-order valence-corrected chi connectivity index (χ0v) is 10.2. The molecule has 0 saturated heterocycles. The molecule has 0 aromatic heterocycles. The summed E-state index contributed by atoms with van der Waals surface area (Å²) >= 11 is 8.86. The highest BCUT2D eigenvalue weighted by Gasteiger charge is 2.09. The summed E-state index contributed by atoms with van der Waals surface area (Å²) in [6, 6.07) is 5.58. The van der Waals surface area contributed by atoms with Crippen molar-refractivity contribution >= 4 is 33.4 Å². The zero-order valence-electron chi connectivity index (χ0n) is 7.81. The van der Waals surface area contributed by atoms with Crippen LogP contribution in [0.4, 0.5) is 0 Å². The smallest absolute Gasteiger partial charge is 0.252 e. The predicted octanol–water partition coefficient (Wildman–Crippen LogP) is 2.73. The van der Waals surface area contributed by atoms with Gasteiger partial charge in [-0.15, -0.1) is 11.6 Å². The highest BCUT2D eigenvalue weighted by atomic mass is 79.9. The quantitative estimate of drug-likeness (QED) is 0.845. The number of carbonyl (C=O) groups excluding carboxylic acids is 1. The second kappa shape index (κ2) is 5.37. The van der Waals surface area contributed by atoms with Gasteiger partial charge in [0.1, 0.15) is 0 Å². The topological polar surface area (TPSA) is 29.1 Å². The van der Waals surface area contributed by atoms with Crippen LogP contribution in [0, 0.1) is 6.92 Å². The first kappa shape index (κ1) is 11.5. The number of amides is 1. The summed E-state index contributed by atoms with van der Waals surface area (Å²) in [5.74, 6) is 0.330. The van der Waals surface area contributed by atoms with E-state index in [0.717, 1.165) is 10.0 Å². The molecule has 14 heavy (non-hydrogen) atoms. The molecule has 1 rings (SSSR count). The Labute approximate surface area is 96.8 Å². The maximum atomic E-state index is 11.6. The second-order valence-corrected chi connectivity index (χ2v) is 4.05. The molecular formula is C10H11BrClNO. The van der Waals surface area contributed by atoms with Crippen LogP contribution in [0.15, 0.2) is 22.7 Å². The number of benzene rings is 1. The van der Waals surface area contributed by atoms with Gasteiger partial charge < -0.3 is 5.32 Å². The largest absolute Gasteiger partial charge is 0.351 e. The number of hydrogen-bond acceptors (Lipinski definition) is 1.